The molecule has 1 aromatic rings. The van der Waals surface area contributed by atoms with Gasteiger partial charge in [0, 0.05) is 36.8 Å². The summed E-state index contributed by atoms with van der Waals surface area (Å²) in [4.78, 5) is 18.9. The maximum Gasteiger partial charge on any atom is 0.515 e. The first kappa shape index (κ1) is 19.3. The van der Waals surface area contributed by atoms with Crippen molar-refractivity contribution in [3.63, 3.8) is 0 Å². The van der Waals surface area contributed by atoms with Gasteiger partial charge in [-0.3, -0.25) is 14.9 Å². The number of carbonyl (C=O) groups excluding carboxylic acids is 1. The molecular formula is C20H31N3O3. The van der Waals surface area contributed by atoms with Gasteiger partial charge in [0.05, 0.1) is 6.54 Å². The lowest BCUT2D eigenvalue weighted by atomic mass is 9.83. The summed E-state index contributed by atoms with van der Waals surface area (Å²) in [7, 11) is 0. The van der Waals surface area contributed by atoms with Gasteiger partial charge >= 0.3 is 6.09 Å². The van der Waals surface area contributed by atoms with E-state index in [2.05, 4.69) is 22.0 Å². The zero-order chi connectivity index (χ0) is 18.7. The van der Waals surface area contributed by atoms with Crippen molar-refractivity contribution < 1.29 is 14.6 Å². The van der Waals surface area contributed by atoms with E-state index in [1.54, 1.807) is 20.8 Å². The molecule has 1 aliphatic carbocycles. The number of nitrogens with one attached hydrogen (secondary N) is 1. The number of pyridine rings is 1. The Morgan fingerprint density at radius 1 is 1.23 bits per heavy atom. The number of hydrogen-bond acceptors (Lipinski definition) is 5. The predicted molar refractivity (Wildman–Crippen MR) is 99.8 cm³/mol. The number of alkyl carbamates (subject to hydrolysis) is 1. The van der Waals surface area contributed by atoms with Crippen LogP contribution in [0, 0.1) is 5.21 Å². The maximum absolute atomic E-state index is 12.4. The summed E-state index contributed by atoms with van der Waals surface area (Å²) in [6.07, 6.45) is 6.50. The molecule has 2 atom stereocenters. The quantitative estimate of drug-likeness (QED) is 0.838. The molecule has 3 rings (SSSR count). The average molecular weight is 361 g/mol. The normalized spacial score (nSPS) is 28.7. The van der Waals surface area contributed by atoms with E-state index >= 15 is 0 Å². The fraction of sp³-hybridized carbons (Fsp3) is 0.700. The zero-order valence-corrected chi connectivity index (χ0v) is 16.1. The number of amides is 1. The van der Waals surface area contributed by atoms with E-state index in [0.717, 1.165) is 38.6 Å². The number of quaternary nitrogens is 1. The fourth-order valence-corrected chi connectivity index (χ4v) is 4.18. The smallest absolute Gasteiger partial charge is 0.515 e. The molecule has 2 aliphatic rings. The van der Waals surface area contributed by atoms with Gasteiger partial charge in [0.1, 0.15) is 11.6 Å². The highest BCUT2D eigenvalue weighted by Crippen LogP contribution is 2.34. The summed E-state index contributed by atoms with van der Waals surface area (Å²) in [5.41, 5.74) is 0.583. The molecule has 6 heteroatoms. The molecule has 1 aromatic heterocycles. The molecule has 144 valence electrons. The lowest BCUT2D eigenvalue weighted by Crippen LogP contribution is -3.14. The minimum absolute atomic E-state index is 0.210. The average Bonchev–Trinajstić information content (AvgIpc) is 3.10. The molecule has 0 aromatic carbocycles. The van der Waals surface area contributed by atoms with Gasteiger partial charge in [-0.25, -0.2) is 0 Å². The Morgan fingerprint density at radius 2 is 1.96 bits per heavy atom. The summed E-state index contributed by atoms with van der Waals surface area (Å²) in [6.45, 7) is 6.96. The number of carbonyl (C=O) groups is 1. The Morgan fingerprint density at radius 3 is 2.58 bits per heavy atom. The number of likely N-dealkylation sites (tertiary alicyclic amines) is 1. The van der Waals surface area contributed by atoms with Gasteiger partial charge in [0.25, 0.3) is 0 Å². The highest BCUT2D eigenvalue weighted by atomic mass is 16.6. The third kappa shape index (κ3) is 4.81. The summed E-state index contributed by atoms with van der Waals surface area (Å²) in [6, 6.07) is 6.45. The number of ether oxygens (including phenoxy) is 1. The fourth-order valence-electron chi connectivity index (χ4n) is 4.18. The second kappa shape index (κ2) is 8.03. The summed E-state index contributed by atoms with van der Waals surface area (Å²) < 4.78 is 5.24. The van der Waals surface area contributed by atoms with Crippen LogP contribution in [-0.2, 0) is 4.74 Å². The van der Waals surface area contributed by atoms with Crippen LogP contribution in [0.2, 0.25) is 0 Å². The van der Waals surface area contributed by atoms with Crippen molar-refractivity contribution in [1.82, 2.24) is 9.88 Å². The van der Waals surface area contributed by atoms with E-state index in [1.807, 2.05) is 12.3 Å². The van der Waals surface area contributed by atoms with Crippen LogP contribution in [0.4, 0.5) is 4.79 Å². The molecule has 0 radical (unpaired) electrons. The van der Waals surface area contributed by atoms with Gasteiger partial charge in [0.2, 0.25) is 0 Å². The van der Waals surface area contributed by atoms with Crippen LogP contribution in [0.15, 0.2) is 24.4 Å². The van der Waals surface area contributed by atoms with Gasteiger partial charge in [-0.05, 0) is 58.6 Å². The summed E-state index contributed by atoms with van der Waals surface area (Å²) in [5, 5.41) is 12.0. The number of hydroxylamine groups is 2. The SMILES string of the molecule is CC(C)(C)OC(=O)[NH+]([O-])C1CCN(C2CCC(c3ccccn3)CC2)C1. The van der Waals surface area contributed by atoms with Crippen molar-refractivity contribution in [3.8, 4) is 0 Å². The molecule has 0 bridgehead atoms. The van der Waals surface area contributed by atoms with Crippen LogP contribution in [-0.4, -0.2) is 46.8 Å². The molecule has 1 saturated carbocycles. The Balaban J connectivity index is 1.48. The topological polar surface area (TPSA) is 69.9 Å². The van der Waals surface area contributed by atoms with Gasteiger partial charge in [-0.1, -0.05) is 6.07 Å². The Hall–Kier alpha value is -1.50. The third-order valence-corrected chi connectivity index (χ3v) is 5.51. The van der Waals surface area contributed by atoms with Crippen molar-refractivity contribution in [2.24, 2.45) is 0 Å². The molecule has 2 heterocycles. The number of rotatable bonds is 3. The van der Waals surface area contributed by atoms with Crippen LogP contribution < -0.4 is 5.06 Å². The largest absolute Gasteiger partial charge is 0.624 e. The maximum atomic E-state index is 12.4. The third-order valence-electron chi connectivity index (χ3n) is 5.51. The zero-order valence-electron chi connectivity index (χ0n) is 16.1. The van der Waals surface area contributed by atoms with Crippen LogP contribution in [0.3, 0.4) is 0 Å². The molecule has 2 fully saturated rings. The lowest BCUT2D eigenvalue weighted by Gasteiger charge is -2.35. The standard InChI is InChI=1S/C20H31N3O3/c1-20(2,3)26-19(24)23(25)17-11-13-22(14-17)16-9-7-15(8-10-16)18-6-4-5-12-21-18/h4-6,12,15-17,23H,7-11,13-14H2,1-3H3. The second-order valence-electron chi connectivity index (χ2n) is 8.61. The summed E-state index contributed by atoms with van der Waals surface area (Å²) in [5.74, 6) is 0.550. The van der Waals surface area contributed by atoms with Crippen LogP contribution >= 0.6 is 0 Å². The van der Waals surface area contributed by atoms with Gasteiger partial charge in [-0.2, -0.15) is 4.79 Å². The Bertz CT molecular complexity index is 594. The van der Waals surface area contributed by atoms with Crippen molar-refractivity contribution in [2.45, 2.75) is 76.5 Å². The monoisotopic (exact) mass is 361 g/mol. The molecule has 1 saturated heterocycles. The van der Waals surface area contributed by atoms with Crippen molar-refractivity contribution in [3.05, 3.63) is 35.3 Å². The first-order valence-electron chi connectivity index (χ1n) is 9.75. The highest BCUT2D eigenvalue weighted by molar-refractivity contribution is 5.57. The molecule has 2 unspecified atom stereocenters. The van der Waals surface area contributed by atoms with Crippen LogP contribution in [0.5, 0.6) is 0 Å². The van der Waals surface area contributed by atoms with E-state index in [9.17, 15) is 10.0 Å². The van der Waals surface area contributed by atoms with E-state index in [0.29, 0.717) is 18.5 Å². The van der Waals surface area contributed by atoms with Crippen molar-refractivity contribution in [1.29, 1.82) is 0 Å². The molecule has 0 spiro atoms. The highest BCUT2D eigenvalue weighted by Gasteiger charge is 2.37. The van der Waals surface area contributed by atoms with Gasteiger partial charge in [-0.15, -0.1) is 0 Å². The number of aromatic nitrogens is 1. The number of nitrogens with zero attached hydrogens (tertiary/aromatic N) is 2. The van der Waals surface area contributed by atoms with Crippen LogP contribution in [0.1, 0.15) is 64.5 Å². The minimum atomic E-state index is -0.678. The van der Waals surface area contributed by atoms with Crippen molar-refractivity contribution >= 4 is 6.09 Å². The molecule has 26 heavy (non-hydrogen) atoms. The van der Waals surface area contributed by atoms with Crippen LogP contribution in [0.25, 0.3) is 0 Å². The Kier molecular flexibility index (Phi) is 5.95. The van der Waals surface area contributed by atoms with Gasteiger partial charge in [0.15, 0.2) is 0 Å². The second-order valence-corrected chi connectivity index (χ2v) is 8.61. The predicted octanol–water partition coefficient (Wildman–Crippen LogP) is 2.50. The van der Waals surface area contributed by atoms with E-state index in [-0.39, 0.29) is 11.1 Å². The Labute approximate surface area is 156 Å². The lowest BCUT2D eigenvalue weighted by molar-refractivity contribution is -0.797. The minimum Gasteiger partial charge on any atom is -0.624 e. The van der Waals surface area contributed by atoms with E-state index in [4.69, 9.17) is 4.74 Å². The molecule has 1 N–H and O–H groups in total. The molecular weight excluding hydrogens is 330 g/mol. The molecule has 1 amide bonds. The molecule has 1 aliphatic heterocycles. The number of hydrogen-bond donors (Lipinski definition) is 1. The first-order valence-corrected chi connectivity index (χ1v) is 9.75. The van der Waals surface area contributed by atoms with Gasteiger partial charge < -0.3 is 9.94 Å². The van der Waals surface area contributed by atoms with E-state index < -0.39 is 11.7 Å². The summed E-state index contributed by atoms with van der Waals surface area (Å²) >= 11 is 0. The first-order chi connectivity index (χ1) is 12.3. The van der Waals surface area contributed by atoms with Crippen molar-refractivity contribution in [2.75, 3.05) is 13.1 Å². The van der Waals surface area contributed by atoms with E-state index in [1.165, 1.54) is 5.69 Å². The molecule has 6 nitrogen and oxygen atoms in total.